The summed E-state index contributed by atoms with van der Waals surface area (Å²) >= 11 is 0. The van der Waals surface area contributed by atoms with Gasteiger partial charge in [0.1, 0.15) is 11.4 Å². The van der Waals surface area contributed by atoms with Crippen LogP contribution < -0.4 is 4.31 Å². The van der Waals surface area contributed by atoms with Gasteiger partial charge in [-0.1, -0.05) is 18.2 Å². The molecule has 1 aliphatic rings. The van der Waals surface area contributed by atoms with Crippen LogP contribution >= 0.6 is 0 Å². The quantitative estimate of drug-likeness (QED) is 0.472. The number of aromatic nitrogens is 3. The van der Waals surface area contributed by atoms with E-state index in [9.17, 15) is 13.2 Å². The number of aryl methyl sites for hydroxylation is 2. The first-order valence-electron chi connectivity index (χ1n) is 11.0. The number of hydrogen-bond acceptors (Lipinski definition) is 5. The van der Waals surface area contributed by atoms with Gasteiger partial charge in [0.2, 0.25) is 0 Å². The first-order valence-corrected chi connectivity index (χ1v) is 12.4. The van der Waals surface area contributed by atoms with E-state index in [0.29, 0.717) is 48.8 Å². The number of nitrogens with zero attached hydrogens (tertiary/aromatic N) is 4. The third kappa shape index (κ3) is 4.00. The molecule has 0 bridgehead atoms. The van der Waals surface area contributed by atoms with E-state index in [1.165, 1.54) is 8.99 Å². The Morgan fingerprint density at radius 2 is 1.85 bits per heavy atom. The third-order valence-corrected chi connectivity index (χ3v) is 8.46. The number of benzene rings is 1. The number of fused-ring (bicyclic) bond motifs is 1. The SMILES string of the molecule is COCCn1c(C)cc(C(=O)Cn2nc(C)c(S(=O)(=O)N3CCc4ccccc43)c2C)c1C. The number of carbonyl (C=O) groups excluding carboxylic acids is 1. The fraction of sp³-hybridized carbons (Fsp3) is 0.417. The Kier molecular flexibility index (Phi) is 6.20. The van der Waals surface area contributed by atoms with Crippen LogP contribution in [0.2, 0.25) is 0 Å². The Balaban J connectivity index is 1.63. The number of ketones is 1. The Labute approximate surface area is 194 Å². The van der Waals surface area contributed by atoms with Gasteiger partial charge in [-0.25, -0.2) is 8.42 Å². The molecule has 0 unspecified atom stereocenters. The molecule has 9 heteroatoms. The summed E-state index contributed by atoms with van der Waals surface area (Å²) in [5.41, 5.74) is 5.07. The van der Waals surface area contributed by atoms with Crippen molar-refractivity contribution in [2.24, 2.45) is 0 Å². The number of Topliss-reactive ketones (excluding diaryl/α,β-unsaturated/α-hetero) is 1. The van der Waals surface area contributed by atoms with E-state index in [2.05, 4.69) is 9.67 Å². The Morgan fingerprint density at radius 1 is 1.12 bits per heavy atom. The second-order valence-corrected chi connectivity index (χ2v) is 10.3. The number of methoxy groups -OCH3 is 1. The molecule has 0 fully saturated rings. The number of anilines is 1. The molecule has 0 spiro atoms. The minimum absolute atomic E-state index is 0.0205. The number of carbonyl (C=O) groups is 1. The molecule has 3 aromatic rings. The molecular formula is C24H30N4O4S. The summed E-state index contributed by atoms with van der Waals surface area (Å²) in [6.07, 6.45) is 0.679. The lowest BCUT2D eigenvalue weighted by Crippen LogP contribution is -2.30. The molecule has 3 heterocycles. The van der Waals surface area contributed by atoms with Crippen molar-refractivity contribution >= 4 is 21.5 Å². The minimum atomic E-state index is -3.79. The first-order chi connectivity index (χ1) is 15.7. The van der Waals surface area contributed by atoms with Gasteiger partial charge in [0.25, 0.3) is 10.0 Å². The molecule has 1 aliphatic heterocycles. The smallest absolute Gasteiger partial charge is 0.268 e. The summed E-state index contributed by atoms with van der Waals surface area (Å²) in [5, 5.41) is 4.44. The van der Waals surface area contributed by atoms with Gasteiger partial charge in [-0.3, -0.25) is 13.8 Å². The molecule has 0 atom stereocenters. The van der Waals surface area contributed by atoms with Crippen molar-refractivity contribution in [2.45, 2.75) is 52.1 Å². The van der Waals surface area contributed by atoms with Crippen LogP contribution in [-0.4, -0.2) is 48.8 Å². The van der Waals surface area contributed by atoms with Gasteiger partial charge in [-0.05, 0) is 51.8 Å². The van der Waals surface area contributed by atoms with Gasteiger partial charge in [-0.2, -0.15) is 5.10 Å². The van der Waals surface area contributed by atoms with Crippen LogP contribution in [0.5, 0.6) is 0 Å². The maximum Gasteiger partial charge on any atom is 0.268 e. The van der Waals surface area contributed by atoms with Crippen molar-refractivity contribution in [1.29, 1.82) is 0 Å². The Bertz CT molecular complexity index is 1320. The lowest BCUT2D eigenvalue weighted by molar-refractivity contribution is 0.0965. The van der Waals surface area contributed by atoms with Crippen LogP contribution in [0.1, 0.15) is 38.7 Å². The van der Waals surface area contributed by atoms with Crippen molar-refractivity contribution in [3.05, 3.63) is 64.2 Å². The second-order valence-electron chi connectivity index (χ2n) is 8.47. The summed E-state index contributed by atoms with van der Waals surface area (Å²) in [5.74, 6) is -0.104. The van der Waals surface area contributed by atoms with Gasteiger partial charge in [0.15, 0.2) is 5.78 Å². The predicted octanol–water partition coefficient (Wildman–Crippen LogP) is 3.20. The van der Waals surface area contributed by atoms with Gasteiger partial charge in [0.05, 0.1) is 23.7 Å². The molecule has 0 amide bonds. The zero-order valence-corrected chi connectivity index (χ0v) is 20.6. The lowest BCUT2D eigenvalue weighted by atomic mass is 10.1. The second kappa shape index (κ2) is 8.79. The van der Waals surface area contributed by atoms with Crippen LogP contribution in [-0.2, 0) is 34.3 Å². The van der Waals surface area contributed by atoms with Crippen molar-refractivity contribution in [2.75, 3.05) is 24.6 Å². The fourth-order valence-corrected chi connectivity index (χ4v) is 6.59. The average Bonchev–Trinajstić information content (AvgIpc) is 3.41. The van der Waals surface area contributed by atoms with E-state index in [-0.39, 0.29) is 17.2 Å². The maximum atomic E-state index is 13.6. The van der Waals surface area contributed by atoms with Crippen molar-refractivity contribution in [3.8, 4) is 0 Å². The zero-order chi connectivity index (χ0) is 23.9. The molecule has 2 aromatic heterocycles. The lowest BCUT2D eigenvalue weighted by Gasteiger charge is -2.19. The topological polar surface area (TPSA) is 86.4 Å². The summed E-state index contributed by atoms with van der Waals surface area (Å²) in [4.78, 5) is 13.3. The van der Waals surface area contributed by atoms with Gasteiger partial charge >= 0.3 is 0 Å². The molecule has 0 saturated heterocycles. The van der Waals surface area contributed by atoms with Gasteiger partial charge < -0.3 is 9.30 Å². The highest BCUT2D eigenvalue weighted by atomic mass is 32.2. The van der Waals surface area contributed by atoms with E-state index in [0.717, 1.165) is 17.0 Å². The van der Waals surface area contributed by atoms with E-state index in [1.54, 1.807) is 21.0 Å². The highest BCUT2D eigenvalue weighted by Crippen LogP contribution is 2.34. The molecule has 0 saturated carbocycles. The highest BCUT2D eigenvalue weighted by molar-refractivity contribution is 7.93. The van der Waals surface area contributed by atoms with Gasteiger partial charge in [-0.15, -0.1) is 0 Å². The van der Waals surface area contributed by atoms with Crippen molar-refractivity contribution in [3.63, 3.8) is 0 Å². The van der Waals surface area contributed by atoms with Crippen LogP contribution in [0, 0.1) is 27.7 Å². The first kappa shape index (κ1) is 23.3. The molecule has 0 aliphatic carbocycles. The summed E-state index contributed by atoms with van der Waals surface area (Å²) in [6.45, 7) is 8.87. The maximum absolute atomic E-state index is 13.6. The summed E-state index contributed by atoms with van der Waals surface area (Å²) in [7, 11) is -2.15. The fourth-order valence-electron chi connectivity index (χ4n) is 4.71. The standard InChI is InChI=1S/C24H30N4O4S/c1-16-14-21(18(3)26(16)12-13-32-5)23(29)15-27-19(4)24(17(2)25-27)33(30,31)28-11-10-20-8-6-7-9-22(20)28/h6-9,14H,10-13,15H2,1-5H3. The summed E-state index contributed by atoms with van der Waals surface area (Å²) in [6, 6.07) is 9.42. The van der Waals surface area contributed by atoms with Crippen LogP contribution in [0.4, 0.5) is 5.69 Å². The zero-order valence-electron chi connectivity index (χ0n) is 19.8. The Morgan fingerprint density at radius 3 is 2.58 bits per heavy atom. The number of ether oxygens (including phenoxy) is 1. The molecule has 33 heavy (non-hydrogen) atoms. The molecule has 176 valence electrons. The number of sulfonamides is 1. The van der Waals surface area contributed by atoms with Crippen LogP contribution in [0.15, 0.2) is 35.2 Å². The molecule has 0 N–H and O–H groups in total. The van der Waals surface area contributed by atoms with Gasteiger partial charge in [0, 0.05) is 37.2 Å². The molecule has 4 rings (SSSR count). The number of hydrogen-bond donors (Lipinski definition) is 0. The van der Waals surface area contributed by atoms with E-state index >= 15 is 0 Å². The van der Waals surface area contributed by atoms with Crippen molar-refractivity contribution < 1.29 is 17.9 Å². The normalized spacial score (nSPS) is 13.5. The monoisotopic (exact) mass is 470 g/mol. The number of para-hydroxylation sites is 1. The largest absolute Gasteiger partial charge is 0.383 e. The highest BCUT2D eigenvalue weighted by Gasteiger charge is 2.35. The minimum Gasteiger partial charge on any atom is -0.383 e. The third-order valence-electron chi connectivity index (χ3n) is 6.39. The molecule has 8 nitrogen and oxygen atoms in total. The average molecular weight is 471 g/mol. The number of rotatable bonds is 8. The van der Waals surface area contributed by atoms with E-state index in [4.69, 9.17) is 4.74 Å². The molecule has 1 aromatic carbocycles. The predicted molar refractivity (Wildman–Crippen MR) is 126 cm³/mol. The van der Waals surface area contributed by atoms with Crippen LogP contribution in [0.25, 0.3) is 0 Å². The summed E-state index contributed by atoms with van der Waals surface area (Å²) < 4.78 is 37.3. The van der Waals surface area contributed by atoms with Crippen molar-refractivity contribution in [1.82, 2.24) is 14.3 Å². The Hall–Kier alpha value is -2.91. The van der Waals surface area contributed by atoms with Crippen LogP contribution in [0.3, 0.4) is 0 Å². The molecule has 0 radical (unpaired) electrons. The molecular weight excluding hydrogens is 440 g/mol. The van der Waals surface area contributed by atoms with E-state index < -0.39 is 10.0 Å². The van der Waals surface area contributed by atoms with E-state index in [1.807, 2.05) is 44.2 Å².